The highest BCUT2D eigenvalue weighted by Crippen LogP contribution is 2.44. The van der Waals surface area contributed by atoms with Gasteiger partial charge in [0.15, 0.2) is 0 Å². The van der Waals surface area contributed by atoms with Gasteiger partial charge >= 0.3 is 6.09 Å². The van der Waals surface area contributed by atoms with Crippen LogP contribution in [0, 0.1) is 5.41 Å². The SMILES string of the molecule is O=C(OCC1c2ccccc2-c2ccccc21)N1CCC(CO)(Cc2ccccc2)C1. The normalized spacial score (nSPS) is 19.8. The Morgan fingerprint density at radius 2 is 1.55 bits per heavy atom. The number of aliphatic hydroxyl groups is 1. The molecular weight excluding hydrogens is 386 g/mol. The zero-order valence-electron chi connectivity index (χ0n) is 17.5. The summed E-state index contributed by atoms with van der Waals surface area (Å²) in [7, 11) is 0. The summed E-state index contributed by atoms with van der Waals surface area (Å²) in [5.41, 5.74) is 5.77. The Morgan fingerprint density at radius 3 is 2.19 bits per heavy atom. The molecule has 1 aliphatic heterocycles. The zero-order valence-corrected chi connectivity index (χ0v) is 17.5. The van der Waals surface area contributed by atoms with E-state index in [1.54, 1.807) is 4.90 Å². The standard InChI is InChI=1S/C27H27NO3/c29-19-27(16-20-8-2-1-3-9-20)14-15-28(18-27)26(30)31-17-25-23-12-6-4-10-21(23)22-11-5-7-13-24(22)25/h1-13,25,29H,14-19H2. The van der Waals surface area contributed by atoms with Crippen LogP contribution in [0.3, 0.4) is 0 Å². The van der Waals surface area contributed by atoms with Gasteiger partial charge in [-0.2, -0.15) is 0 Å². The van der Waals surface area contributed by atoms with Crippen LogP contribution < -0.4 is 0 Å². The predicted octanol–water partition coefficient (Wildman–Crippen LogP) is 4.86. The minimum absolute atomic E-state index is 0.0610. The van der Waals surface area contributed by atoms with Crippen molar-refractivity contribution in [3.8, 4) is 11.1 Å². The molecule has 1 saturated heterocycles. The fraction of sp³-hybridized carbons (Fsp3) is 0.296. The van der Waals surface area contributed by atoms with E-state index in [0.29, 0.717) is 19.7 Å². The van der Waals surface area contributed by atoms with Crippen molar-refractivity contribution in [2.75, 3.05) is 26.3 Å². The Hall–Kier alpha value is -3.11. The molecule has 4 heteroatoms. The molecule has 1 heterocycles. The van der Waals surface area contributed by atoms with Crippen molar-refractivity contribution >= 4 is 6.09 Å². The van der Waals surface area contributed by atoms with Gasteiger partial charge in [-0.25, -0.2) is 4.79 Å². The number of likely N-dealkylation sites (tertiary alicyclic amines) is 1. The van der Waals surface area contributed by atoms with Crippen LogP contribution in [-0.2, 0) is 11.2 Å². The lowest BCUT2D eigenvalue weighted by Crippen LogP contribution is -2.36. The Kier molecular flexibility index (Phi) is 5.24. The molecule has 1 fully saturated rings. The molecule has 31 heavy (non-hydrogen) atoms. The second-order valence-electron chi connectivity index (χ2n) is 8.80. The Balaban J connectivity index is 1.26. The van der Waals surface area contributed by atoms with Crippen molar-refractivity contribution in [1.29, 1.82) is 0 Å². The van der Waals surface area contributed by atoms with Crippen molar-refractivity contribution < 1.29 is 14.6 Å². The third kappa shape index (κ3) is 3.72. The van der Waals surface area contributed by atoms with Crippen LogP contribution in [0.25, 0.3) is 11.1 Å². The molecule has 3 aromatic rings. The molecule has 5 rings (SSSR count). The summed E-state index contributed by atoms with van der Waals surface area (Å²) in [5.74, 6) is 0.0610. The summed E-state index contributed by atoms with van der Waals surface area (Å²) < 4.78 is 5.82. The fourth-order valence-corrected chi connectivity index (χ4v) is 5.13. The van der Waals surface area contributed by atoms with E-state index in [4.69, 9.17) is 4.74 Å². The average molecular weight is 414 g/mol. The van der Waals surface area contributed by atoms with Gasteiger partial charge in [-0.1, -0.05) is 78.9 Å². The number of hydrogen-bond donors (Lipinski definition) is 1. The number of hydrogen-bond acceptors (Lipinski definition) is 3. The first-order valence-corrected chi connectivity index (χ1v) is 10.9. The van der Waals surface area contributed by atoms with Gasteiger partial charge in [-0.05, 0) is 40.7 Å². The smallest absolute Gasteiger partial charge is 0.409 e. The average Bonchev–Trinajstić information content (AvgIpc) is 3.38. The lowest BCUT2D eigenvalue weighted by molar-refractivity contribution is 0.0925. The number of nitrogens with zero attached hydrogens (tertiary/aromatic N) is 1. The van der Waals surface area contributed by atoms with Crippen LogP contribution in [-0.4, -0.2) is 42.4 Å². The van der Waals surface area contributed by atoms with Gasteiger partial charge in [0.2, 0.25) is 0 Å². The maximum absolute atomic E-state index is 12.9. The topological polar surface area (TPSA) is 49.8 Å². The number of aliphatic hydroxyl groups excluding tert-OH is 1. The second-order valence-corrected chi connectivity index (χ2v) is 8.80. The summed E-state index contributed by atoms with van der Waals surface area (Å²) in [6, 6.07) is 26.9. The van der Waals surface area contributed by atoms with Crippen molar-refractivity contribution in [3.63, 3.8) is 0 Å². The van der Waals surface area contributed by atoms with Crippen LogP contribution in [0.4, 0.5) is 4.79 Å². The molecule has 0 aromatic heterocycles. The lowest BCUT2D eigenvalue weighted by Gasteiger charge is -2.27. The number of fused-ring (bicyclic) bond motifs is 3. The van der Waals surface area contributed by atoms with E-state index >= 15 is 0 Å². The maximum Gasteiger partial charge on any atom is 0.409 e. The van der Waals surface area contributed by atoms with E-state index < -0.39 is 0 Å². The van der Waals surface area contributed by atoms with Gasteiger partial charge in [0, 0.05) is 24.4 Å². The molecule has 0 bridgehead atoms. The Labute approximate surface area is 183 Å². The van der Waals surface area contributed by atoms with Crippen LogP contribution in [0.1, 0.15) is 29.0 Å². The lowest BCUT2D eigenvalue weighted by atomic mass is 9.81. The first kappa shape index (κ1) is 19.8. The van der Waals surface area contributed by atoms with Crippen molar-refractivity contribution in [1.82, 2.24) is 4.90 Å². The number of benzene rings is 3. The third-order valence-corrected chi connectivity index (χ3v) is 6.79. The monoisotopic (exact) mass is 413 g/mol. The molecule has 4 nitrogen and oxygen atoms in total. The van der Waals surface area contributed by atoms with Gasteiger partial charge in [0.1, 0.15) is 6.61 Å². The van der Waals surface area contributed by atoms with E-state index in [2.05, 4.69) is 48.5 Å². The highest BCUT2D eigenvalue weighted by molar-refractivity contribution is 5.79. The molecule has 3 aromatic carbocycles. The van der Waals surface area contributed by atoms with Gasteiger partial charge < -0.3 is 14.7 Å². The molecule has 1 aliphatic carbocycles. The molecule has 158 valence electrons. The molecule has 2 aliphatic rings. The minimum atomic E-state index is -0.299. The molecule has 0 radical (unpaired) electrons. The largest absolute Gasteiger partial charge is 0.448 e. The van der Waals surface area contributed by atoms with Crippen LogP contribution in [0.15, 0.2) is 78.9 Å². The van der Waals surface area contributed by atoms with E-state index in [-0.39, 0.29) is 24.0 Å². The molecule has 0 saturated carbocycles. The number of ether oxygens (including phenoxy) is 1. The van der Waals surface area contributed by atoms with Crippen LogP contribution >= 0.6 is 0 Å². The van der Waals surface area contributed by atoms with Crippen molar-refractivity contribution in [2.24, 2.45) is 5.41 Å². The van der Waals surface area contributed by atoms with Gasteiger partial charge in [-0.15, -0.1) is 0 Å². The Bertz CT molecular complexity index is 1040. The summed E-state index contributed by atoms with van der Waals surface area (Å²) in [6.07, 6.45) is 1.25. The highest BCUT2D eigenvalue weighted by Gasteiger charge is 2.40. The first-order chi connectivity index (χ1) is 15.2. The van der Waals surface area contributed by atoms with Gasteiger partial charge in [0.05, 0.1) is 6.61 Å². The van der Waals surface area contributed by atoms with E-state index in [1.807, 2.05) is 30.3 Å². The molecule has 1 unspecified atom stereocenters. The summed E-state index contributed by atoms with van der Waals surface area (Å²) in [4.78, 5) is 14.7. The van der Waals surface area contributed by atoms with Gasteiger partial charge in [0.25, 0.3) is 0 Å². The van der Waals surface area contributed by atoms with E-state index in [1.165, 1.54) is 27.8 Å². The molecular formula is C27H27NO3. The number of amides is 1. The summed E-state index contributed by atoms with van der Waals surface area (Å²) >= 11 is 0. The van der Waals surface area contributed by atoms with Crippen LogP contribution in [0.5, 0.6) is 0 Å². The maximum atomic E-state index is 12.9. The van der Waals surface area contributed by atoms with Gasteiger partial charge in [-0.3, -0.25) is 0 Å². The molecule has 0 spiro atoms. The highest BCUT2D eigenvalue weighted by atomic mass is 16.6. The molecule has 1 N–H and O–H groups in total. The van der Waals surface area contributed by atoms with E-state index in [9.17, 15) is 9.90 Å². The molecule has 1 atom stereocenters. The quantitative estimate of drug-likeness (QED) is 0.650. The predicted molar refractivity (Wildman–Crippen MR) is 121 cm³/mol. The van der Waals surface area contributed by atoms with Crippen molar-refractivity contribution in [2.45, 2.75) is 18.8 Å². The molecule has 1 amide bonds. The number of rotatable bonds is 5. The number of carbonyl (C=O) groups excluding carboxylic acids is 1. The number of carbonyl (C=O) groups is 1. The van der Waals surface area contributed by atoms with Crippen molar-refractivity contribution in [3.05, 3.63) is 95.6 Å². The first-order valence-electron chi connectivity index (χ1n) is 10.9. The summed E-state index contributed by atoms with van der Waals surface area (Å²) in [5, 5.41) is 10.1. The fourth-order valence-electron chi connectivity index (χ4n) is 5.13. The second kappa shape index (κ2) is 8.20. The summed E-state index contributed by atoms with van der Waals surface area (Å²) in [6.45, 7) is 1.53. The zero-order chi connectivity index (χ0) is 21.3. The Morgan fingerprint density at radius 1 is 0.935 bits per heavy atom. The van der Waals surface area contributed by atoms with Crippen LogP contribution in [0.2, 0.25) is 0 Å². The minimum Gasteiger partial charge on any atom is -0.448 e. The van der Waals surface area contributed by atoms with E-state index in [0.717, 1.165) is 12.8 Å². The third-order valence-electron chi connectivity index (χ3n) is 6.79.